The summed E-state index contributed by atoms with van der Waals surface area (Å²) in [6, 6.07) is 0. The molecule has 0 aliphatic rings. The Kier molecular flexibility index (Phi) is 13.7. The second-order valence-electron chi connectivity index (χ2n) is 6.31. The maximum atomic E-state index is 3.64. The quantitative estimate of drug-likeness (QED) is 0.215. The van der Waals surface area contributed by atoms with Gasteiger partial charge in [0.1, 0.15) is 0 Å². The lowest BCUT2D eigenvalue weighted by atomic mass is 10.1. The van der Waals surface area contributed by atoms with Gasteiger partial charge in [-0.3, -0.25) is 0 Å². The van der Waals surface area contributed by atoms with Crippen LogP contribution in [0.15, 0.2) is 0 Å². The van der Waals surface area contributed by atoms with Crippen molar-refractivity contribution in [2.24, 2.45) is 0 Å². The SMILES string of the molecule is CCCCCCCC[N+](C)(CCBr)CCCCCC. The first-order valence-corrected chi connectivity index (χ1v) is 9.70. The fourth-order valence-corrected chi connectivity index (χ4v) is 3.59. The summed E-state index contributed by atoms with van der Waals surface area (Å²) in [6.45, 7) is 8.63. The monoisotopic (exact) mass is 334 g/mol. The summed E-state index contributed by atoms with van der Waals surface area (Å²) in [5, 5.41) is 1.15. The van der Waals surface area contributed by atoms with E-state index in [4.69, 9.17) is 0 Å². The molecule has 0 aromatic rings. The molecule has 1 unspecified atom stereocenters. The molecule has 0 bridgehead atoms. The van der Waals surface area contributed by atoms with E-state index >= 15 is 0 Å². The van der Waals surface area contributed by atoms with Crippen LogP contribution in [-0.2, 0) is 0 Å². The molecule has 0 aliphatic carbocycles. The molecule has 0 aromatic carbocycles. The van der Waals surface area contributed by atoms with E-state index < -0.39 is 0 Å². The predicted octanol–water partition coefficient (Wildman–Crippen LogP) is 5.77. The van der Waals surface area contributed by atoms with Crippen molar-refractivity contribution in [3.8, 4) is 0 Å². The highest BCUT2D eigenvalue weighted by atomic mass is 79.9. The van der Waals surface area contributed by atoms with Crippen molar-refractivity contribution in [3.63, 3.8) is 0 Å². The van der Waals surface area contributed by atoms with Crippen LogP contribution in [0.2, 0.25) is 0 Å². The van der Waals surface area contributed by atoms with E-state index in [9.17, 15) is 0 Å². The van der Waals surface area contributed by atoms with Gasteiger partial charge in [0, 0.05) is 0 Å². The maximum Gasteiger partial charge on any atom is 0.0883 e. The number of nitrogens with zero attached hydrogens (tertiary/aromatic N) is 1. The van der Waals surface area contributed by atoms with Gasteiger partial charge in [0.15, 0.2) is 0 Å². The zero-order valence-electron chi connectivity index (χ0n) is 13.7. The molecule has 116 valence electrons. The van der Waals surface area contributed by atoms with E-state index in [2.05, 4.69) is 36.8 Å². The Hall–Kier alpha value is 0.440. The number of unbranched alkanes of at least 4 members (excludes halogenated alkanes) is 8. The highest BCUT2D eigenvalue weighted by Gasteiger charge is 2.19. The van der Waals surface area contributed by atoms with E-state index in [1.165, 1.54) is 88.3 Å². The van der Waals surface area contributed by atoms with Crippen molar-refractivity contribution in [3.05, 3.63) is 0 Å². The molecule has 0 radical (unpaired) electrons. The molecule has 0 amide bonds. The normalized spacial score (nSPS) is 14.5. The van der Waals surface area contributed by atoms with Crippen LogP contribution >= 0.6 is 15.9 Å². The zero-order valence-corrected chi connectivity index (χ0v) is 15.3. The summed E-state index contributed by atoms with van der Waals surface area (Å²) in [4.78, 5) is 0. The molecule has 19 heavy (non-hydrogen) atoms. The van der Waals surface area contributed by atoms with Crippen molar-refractivity contribution in [2.75, 3.05) is 32.0 Å². The zero-order chi connectivity index (χ0) is 14.4. The van der Waals surface area contributed by atoms with Crippen LogP contribution in [0.3, 0.4) is 0 Å². The van der Waals surface area contributed by atoms with Crippen molar-refractivity contribution in [1.82, 2.24) is 0 Å². The second kappa shape index (κ2) is 13.4. The van der Waals surface area contributed by atoms with E-state index in [1.54, 1.807) is 0 Å². The minimum atomic E-state index is 1.15. The Morgan fingerprint density at radius 2 is 1.05 bits per heavy atom. The van der Waals surface area contributed by atoms with Crippen molar-refractivity contribution >= 4 is 15.9 Å². The molecule has 0 saturated heterocycles. The number of hydrogen-bond acceptors (Lipinski definition) is 0. The third-order valence-corrected chi connectivity index (χ3v) is 4.58. The van der Waals surface area contributed by atoms with Crippen LogP contribution in [0.4, 0.5) is 0 Å². The van der Waals surface area contributed by atoms with Crippen molar-refractivity contribution < 1.29 is 4.48 Å². The molecule has 0 fully saturated rings. The standard InChI is InChI=1S/C17H37BrN/c1-4-6-8-10-11-13-16-19(3,17-14-18)15-12-9-7-5-2/h4-17H2,1-3H3/q+1. The lowest BCUT2D eigenvalue weighted by Crippen LogP contribution is -2.46. The number of quaternary nitrogens is 1. The Bertz CT molecular complexity index is 184. The van der Waals surface area contributed by atoms with Gasteiger partial charge in [-0.25, -0.2) is 0 Å². The van der Waals surface area contributed by atoms with E-state index in [0.717, 1.165) is 5.33 Å². The topological polar surface area (TPSA) is 0 Å². The van der Waals surface area contributed by atoms with Gasteiger partial charge in [-0.15, -0.1) is 0 Å². The molecular weight excluding hydrogens is 298 g/mol. The number of alkyl halides is 1. The van der Waals surface area contributed by atoms with Gasteiger partial charge in [-0.2, -0.15) is 0 Å². The van der Waals surface area contributed by atoms with Crippen molar-refractivity contribution in [1.29, 1.82) is 0 Å². The molecular formula is C17H37BrN+. The molecule has 0 spiro atoms. The molecule has 0 saturated carbocycles. The molecule has 1 nitrogen and oxygen atoms in total. The first-order valence-electron chi connectivity index (χ1n) is 8.58. The van der Waals surface area contributed by atoms with Crippen LogP contribution < -0.4 is 0 Å². The fourth-order valence-electron chi connectivity index (χ4n) is 2.73. The minimum absolute atomic E-state index is 1.15. The molecule has 1 atom stereocenters. The number of halogens is 1. The summed E-state index contributed by atoms with van der Waals surface area (Å²) in [5.74, 6) is 0. The number of rotatable bonds is 14. The maximum absolute atomic E-state index is 3.64. The molecule has 2 heteroatoms. The Labute approximate surface area is 130 Å². The van der Waals surface area contributed by atoms with Crippen LogP contribution in [0.25, 0.3) is 0 Å². The number of hydrogen-bond donors (Lipinski definition) is 0. The smallest absolute Gasteiger partial charge is 0.0883 e. The third kappa shape index (κ3) is 11.9. The van der Waals surface area contributed by atoms with E-state index in [-0.39, 0.29) is 0 Å². The van der Waals surface area contributed by atoms with Crippen LogP contribution in [-0.4, -0.2) is 36.5 Å². The molecule has 0 rings (SSSR count). The summed E-state index contributed by atoms with van der Waals surface area (Å²) in [6.07, 6.45) is 14.1. The Balaban J connectivity index is 3.74. The molecule has 0 heterocycles. The fraction of sp³-hybridized carbons (Fsp3) is 1.00. The van der Waals surface area contributed by atoms with E-state index in [1.807, 2.05) is 0 Å². The van der Waals surface area contributed by atoms with Gasteiger partial charge in [0.05, 0.1) is 32.0 Å². The van der Waals surface area contributed by atoms with Crippen LogP contribution in [0.5, 0.6) is 0 Å². The van der Waals surface area contributed by atoms with Gasteiger partial charge in [0.25, 0.3) is 0 Å². The average molecular weight is 335 g/mol. The Morgan fingerprint density at radius 3 is 1.53 bits per heavy atom. The summed E-state index contributed by atoms with van der Waals surface area (Å²) < 4.78 is 1.28. The molecule has 0 N–H and O–H groups in total. The molecule has 0 aromatic heterocycles. The van der Waals surface area contributed by atoms with Crippen LogP contribution in [0, 0.1) is 0 Å². The first kappa shape index (κ1) is 19.4. The lowest BCUT2D eigenvalue weighted by molar-refractivity contribution is -0.907. The Morgan fingerprint density at radius 1 is 0.632 bits per heavy atom. The summed E-state index contributed by atoms with van der Waals surface area (Å²) in [5.41, 5.74) is 0. The predicted molar refractivity (Wildman–Crippen MR) is 92.1 cm³/mol. The van der Waals surface area contributed by atoms with Gasteiger partial charge >= 0.3 is 0 Å². The summed E-state index contributed by atoms with van der Waals surface area (Å²) in [7, 11) is 2.46. The van der Waals surface area contributed by atoms with Gasteiger partial charge in [-0.05, 0) is 25.7 Å². The average Bonchev–Trinajstić information content (AvgIpc) is 2.39. The molecule has 0 aliphatic heterocycles. The summed E-state index contributed by atoms with van der Waals surface area (Å²) >= 11 is 3.64. The third-order valence-electron chi connectivity index (χ3n) is 4.23. The lowest BCUT2D eigenvalue weighted by Gasteiger charge is -2.34. The highest BCUT2D eigenvalue weighted by Crippen LogP contribution is 2.13. The first-order chi connectivity index (χ1) is 9.18. The van der Waals surface area contributed by atoms with Gasteiger partial charge in [-0.1, -0.05) is 68.3 Å². The minimum Gasteiger partial charge on any atom is -0.325 e. The van der Waals surface area contributed by atoms with Gasteiger partial charge in [0.2, 0.25) is 0 Å². The van der Waals surface area contributed by atoms with Crippen LogP contribution in [0.1, 0.15) is 78.1 Å². The second-order valence-corrected chi connectivity index (χ2v) is 7.10. The van der Waals surface area contributed by atoms with Crippen molar-refractivity contribution in [2.45, 2.75) is 78.1 Å². The van der Waals surface area contributed by atoms with Gasteiger partial charge < -0.3 is 4.48 Å². The highest BCUT2D eigenvalue weighted by molar-refractivity contribution is 9.09. The largest absolute Gasteiger partial charge is 0.325 e. The van der Waals surface area contributed by atoms with E-state index in [0.29, 0.717) is 0 Å².